The summed E-state index contributed by atoms with van der Waals surface area (Å²) in [5.74, 6) is 1.56. The van der Waals surface area contributed by atoms with Crippen molar-refractivity contribution in [2.45, 2.75) is 20.4 Å². The van der Waals surface area contributed by atoms with E-state index in [1.807, 2.05) is 54.9 Å². The van der Waals surface area contributed by atoms with E-state index in [0.29, 0.717) is 35.0 Å². The highest BCUT2D eigenvalue weighted by molar-refractivity contribution is 7.08. The predicted molar refractivity (Wildman–Crippen MR) is 143 cm³/mol. The number of nitrogens with zero attached hydrogens (tertiary/aromatic N) is 4. The number of benzene rings is 1. The van der Waals surface area contributed by atoms with Crippen LogP contribution in [0.2, 0.25) is 0 Å². The van der Waals surface area contributed by atoms with Crippen molar-refractivity contribution < 1.29 is 4.74 Å². The minimum atomic E-state index is -0.167. The van der Waals surface area contributed by atoms with Crippen LogP contribution in [0.25, 0.3) is 16.7 Å². The minimum Gasteiger partial charge on any atom is -0.456 e. The van der Waals surface area contributed by atoms with Crippen molar-refractivity contribution in [3.63, 3.8) is 0 Å². The van der Waals surface area contributed by atoms with E-state index in [0.717, 1.165) is 22.5 Å². The first-order chi connectivity index (χ1) is 16.9. The lowest BCUT2D eigenvalue weighted by Gasteiger charge is -2.12. The molecule has 4 rings (SSSR count). The quantitative estimate of drug-likeness (QED) is 0.192. The number of ether oxygens (including phenoxy) is 1. The molecule has 0 unspecified atom stereocenters. The van der Waals surface area contributed by atoms with Crippen LogP contribution < -0.4 is 21.3 Å². The summed E-state index contributed by atoms with van der Waals surface area (Å²) in [6.45, 7) is 11.8. The monoisotopic (exact) mass is 486 g/mol. The highest BCUT2D eigenvalue weighted by Gasteiger charge is 2.17. The molecule has 1 aromatic carbocycles. The number of anilines is 2. The summed E-state index contributed by atoms with van der Waals surface area (Å²) in [6, 6.07) is 7.57. The zero-order chi connectivity index (χ0) is 24.9. The first kappa shape index (κ1) is 23.8. The van der Waals surface area contributed by atoms with Crippen molar-refractivity contribution in [3.8, 4) is 11.4 Å². The largest absolute Gasteiger partial charge is 0.456 e. The van der Waals surface area contributed by atoms with E-state index < -0.39 is 0 Å². The van der Waals surface area contributed by atoms with Crippen LogP contribution in [0, 0.1) is 6.92 Å². The van der Waals surface area contributed by atoms with Crippen LogP contribution in [0.15, 0.2) is 94.9 Å². The molecule has 0 aliphatic heterocycles. The van der Waals surface area contributed by atoms with Crippen LogP contribution in [-0.4, -0.2) is 19.3 Å². The summed E-state index contributed by atoms with van der Waals surface area (Å²) in [5, 5.41) is 7.58. The predicted octanol–water partition coefficient (Wildman–Crippen LogP) is 5.19. The van der Waals surface area contributed by atoms with Gasteiger partial charge in [-0.3, -0.25) is 4.79 Å². The van der Waals surface area contributed by atoms with Gasteiger partial charge in [-0.25, -0.2) is 14.3 Å². The smallest absolute Gasteiger partial charge is 0.278 e. The van der Waals surface area contributed by atoms with Crippen LogP contribution in [0.1, 0.15) is 12.5 Å². The molecule has 35 heavy (non-hydrogen) atoms. The van der Waals surface area contributed by atoms with E-state index in [2.05, 4.69) is 28.4 Å². The highest BCUT2D eigenvalue weighted by atomic mass is 32.1. The number of fused-ring (bicyclic) bond motifs is 1. The molecule has 8 nitrogen and oxygen atoms in total. The number of aryl methyl sites for hydroxylation is 1. The first-order valence-corrected chi connectivity index (χ1v) is 11.8. The van der Waals surface area contributed by atoms with Gasteiger partial charge in [-0.2, -0.15) is 16.3 Å². The number of thiophene rings is 1. The molecule has 0 saturated heterocycles. The molecule has 3 N–H and O–H groups in total. The van der Waals surface area contributed by atoms with E-state index >= 15 is 0 Å². The molecule has 0 aliphatic rings. The van der Waals surface area contributed by atoms with Crippen LogP contribution >= 0.6 is 11.3 Å². The third-order valence-electron chi connectivity index (χ3n) is 5.08. The molecule has 0 amide bonds. The van der Waals surface area contributed by atoms with Gasteiger partial charge in [0.1, 0.15) is 16.9 Å². The number of allylic oxidation sites excluding steroid dienone is 4. The van der Waals surface area contributed by atoms with Crippen LogP contribution in [0.5, 0.6) is 5.75 Å². The van der Waals surface area contributed by atoms with Crippen molar-refractivity contribution in [1.82, 2.24) is 19.3 Å². The van der Waals surface area contributed by atoms with Gasteiger partial charge < -0.3 is 15.8 Å². The molecule has 0 atom stereocenters. The molecular formula is C26H26N6O2S. The lowest BCUT2D eigenvalue weighted by Crippen LogP contribution is -2.21. The Morgan fingerprint density at radius 1 is 1.31 bits per heavy atom. The zero-order valence-corrected chi connectivity index (χ0v) is 20.4. The molecular weight excluding hydrogens is 460 g/mol. The van der Waals surface area contributed by atoms with E-state index in [4.69, 9.17) is 10.5 Å². The maximum absolute atomic E-state index is 12.9. The molecule has 0 saturated carbocycles. The minimum absolute atomic E-state index is 0.167. The SMILES string of the molecule is C=CCn1c(=O)c2cnc(Nc3ccc(OC(/C=C\C(=C)C)=C/N)c(C)c3)nc2n1-c1ccsc1. The van der Waals surface area contributed by atoms with Crippen LogP contribution in [0.3, 0.4) is 0 Å². The number of hydrogen-bond acceptors (Lipinski definition) is 7. The molecule has 9 heteroatoms. The number of rotatable bonds is 9. The molecule has 0 bridgehead atoms. The second-order valence-electron chi connectivity index (χ2n) is 7.86. The van der Waals surface area contributed by atoms with E-state index in [1.54, 1.807) is 39.0 Å². The van der Waals surface area contributed by atoms with Gasteiger partial charge in [-0.1, -0.05) is 24.3 Å². The Morgan fingerprint density at radius 2 is 2.14 bits per heavy atom. The normalized spacial score (nSPS) is 11.8. The van der Waals surface area contributed by atoms with Crippen molar-refractivity contribution in [3.05, 3.63) is 106 Å². The van der Waals surface area contributed by atoms with Crippen molar-refractivity contribution >= 4 is 34.0 Å². The highest BCUT2D eigenvalue weighted by Crippen LogP contribution is 2.26. The number of nitrogens with one attached hydrogen (secondary N) is 1. The average molecular weight is 487 g/mol. The summed E-state index contributed by atoms with van der Waals surface area (Å²) in [5.41, 5.74) is 9.46. The summed E-state index contributed by atoms with van der Waals surface area (Å²) < 4.78 is 9.30. The third kappa shape index (κ3) is 5.10. The molecule has 3 heterocycles. The fourth-order valence-corrected chi connectivity index (χ4v) is 4.08. The van der Waals surface area contributed by atoms with Gasteiger partial charge in [0.05, 0.1) is 12.2 Å². The fraction of sp³-hybridized carbons (Fsp3) is 0.115. The van der Waals surface area contributed by atoms with Crippen molar-refractivity contribution in [1.29, 1.82) is 0 Å². The maximum Gasteiger partial charge on any atom is 0.278 e. The van der Waals surface area contributed by atoms with E-state index in [1.165, 1.54) is 6.20 Å². The van der Waals surface area contributed by atoms with Crippen LogP contribution in [-0.2, 0) is 6.54 Å². The second-order valence-corrected chi connectivity index (χ2v) is 8.64. The van der Waals surface area contributed by atoms with Crippen molar-refractivity contribution in [2.24, 2.45) is 5.73 Å². The lowest BCUT2D eigenvalue weighted by molar-refractivity contribution is 0.439. The number of aromatic nitrogens is 4. The van der Waals surface area contributed by atoms with Crippen LogP contribution in [0.4, 0.5) is 11.6 Å². The molecule has 0 spiro atoms. The summed E-state index contributed by atoms with van der Waals surface area (Å²) >= 11 is 1.55. The Hall–Kier alpha value is -4.37. The number of hydrogen-bond donors (Lipinski definition) is 2. The van der Waals surface area contributed by atoms with Gasteiger partial charge >= 0.3 is 0 Å². The van der Waals surface area contributed by atoms with Gasteiger partial charge in [0.15, 0.2) is 5.65 Å². The Bertz CT molecular complexity index is 1510. The maximum atomic E-state index is 12.9. The number of nitrogens with two attached hydrogens (primary N) is 1. The van der Waals surface area contributed by atoms with E-state index in [9.17, 15) is 4.79 Å². The average Bonchev–Trinajstić information content (AvgIpc) is 3.45. The first-order valence-electron chi connectivity index (χ1n) is 10.8. The summed E-state index contributed by atoms with van der Waals surface area (Å²) in [7, 11) is 0. The van der Waals surface area contributed by atoms with Gasteiger partial charge in [0.25, 0.3) is 5.56 Å². The topological polar surface area (TPSA) is 100.0 Å². The lowest BCUT2D eigenvalue weighted by atomic mass is 10.2. The van der Waals surface area contributed by atoms with Gasteiger partial charge in [-0.05, 0) is 55.1 Å². The summed E-state index contributed by atoms with van der Waals surface area (Å²) in [6.07, 6.45) is 8.23. The Morgan fingerprint density at radius 3 is 2.80 bits per heavy atom. The molecule has 0 aliphatic carbocycles. The standard InChI is InChI=1S/C26H26N6O2S/c1-5-11-31-25(33)22-15-28-26(30-24(22)32(31)20-10-12-35-16-20)29-19-7-9-23(18(4)13-19)34-21(14-27)8-6-17(2)3/h5-10,12-16H,1-2,11,27H2,3-4H3,(H,28,29,30)/b8-6-,21-14+. The van der Waals surface area contributed by atoms with Gasteiger partial charge in [0, 0.05) is 23.5 Å². The molecule has 3 aromatic heterocycles. The second kappa shape index (κ2) is 10.3. The molecule has 4 aromatic rings. The van der Waals surface area contributed by atoms with Gasteiger partial charge in [-0.15, -0.1) is 6.58 Å². The Labute approximate surface area is 207 Å². The van der Waals surface area contributed by atoms with E-state index in [-0.39, 0.29) is 5.56 Å². The zero-order valence-electron chi connectivity index (χ0n) is 19.6. The Kier molecular flexibility index (Phi) is 6.98. The van der Waals surface area contributed by atoms with Crippen molar-refractivity contribution in [2.75, 3.05) is 5.32 Å². The molecule has 178 valence electrons. The fourth-order valence-electron chi connectivity index (χ4n) is 3.46. The Balaban J connectivity index is 1.64. The summed E-state index contributed by atoms with van der Waals surface area (Å²) in [4.78, 5) is 22.0. The van der Waals surface area contributed by atoms with Gasteiger partial charge in [0.2, 0.25) is 5.95 Å². The molecule has 0 fully saturated rings. The third-order valence-corrected chi connectivity index (χ3v) is 5.75. The molecule has 0 radical (unpaired) electrons.